The lowest BCUT2D eigenvalue weighted by Gasteiger charge is -2.29. The minimum absolute atomic E-state index is 0.126. The van der Waals surface area contributed by atoms with Crippen molar-refractivity contribution in [2.75, 3.05) is 18.4 Å². The van der Waals surface area contributed by atoms with E-state index in [2.05, 4.69) is 21.4 Å². The van der Waals surface area contributed by atoms with Crippen molar-refractivity contribution in [2.24, 2.45) is 10.9 Å². The Hall–Kier alpha value is -2.42. The number of hydrogen-bond donors (Lipinski definition) is 1. The number of carbonyl (C=O) groups is 1. The highest BCUT2D eigenvalue weighted by Gasteiger charge is 2.33. The summed E-state index contributed by atoms with van der Waals surface area (Å²) in [5, 5.41) is 12.3. The van der Waals surface area contributed by atoms with Crippen LogP contribution in [0.25, 0.3) is 0 Å². The van der Waals surface area contributed by atoms with Crippen molar-refractivity contribution in [2.45, 2.75) is 32.7 Å². The molecular formula is C16H19N5O. The fourth-order valence-electron chi connectivity index (χ4n) is 2.51. The van der Waals surface area contributed by atoms with Gasteiger partial charge in [-0.1, -0.05) is 0 Å². The molecule has 1 unspecified atom stereocenters. The topological polar surface area (TPSA) is 81.4 Å². The number of aryl methyl sites for hydroxylation is 2. The first-order valence-electron chi connectivity index (χ1n) is 7.54. The molecule has 2 heterocycles. The maximum Gasteiger partial charge on any atom is 0.289 e. The third-order valence-electron chi connectivity index (χ3n) is 3.97. The van der Waals surface area contributed by atoms with E-state index < -0.39 is 6.04 Å². The van der Waals surface area contributed by atoms with E-state index in [1.165, 1.54) is 12.8 Å². The number of amides is 1. The number of nitriles is 1. The van der Waals surface area contributed by atoms with Crippen LogP contribution in [0.2, 0.25) is 0 Å². The summed E-state index contributed by atoms with van der Waals surface area (Å²) in [5.74, 6) is 0.707. The molecule has 0 saturated heterocycles. The molecule has 1 aliphatic heterocycles. The van der Waals surface area contributed by atoms with Gasteiger partial charge in [0.2, 0.25) is 0 Å². The summed E-state index contributed by atoms with van der Waals surface area (Å²) in [6, 6.07) is 3.58. The Morgan fingerprint density at radius 1 is 1.45 bits per heavy atom. The molecule has 3 rings (SSSR count). The van der Waals surface area contributed by atoms with Crippen molar-refractivity contribution in [3.05, 3.63) is 23.5 Å². The van der Waals surface area contributed by atoms with E-state index in [0.29, 0.717) is 12.5 Å². The van der Waals surface area contributed by atoms with Crippen LogP contribution >= 0.6 is 0 Å². The van der Waals surface area contributed by atoms with Crippen molar-refractivity contribution >= 4 is 17.4 Å². The number of nitrogens with zero attached hydrogens (tertiary/aromatic N) is 4. The summed E-state index contributed by atoms with van der Waals surface area (Å²) >= 11 is 0. The molecule has 2 aliphatic rings. The number of anilines is 1. The summed E-state index contributed by atoms with van der Waals surface area (Å²) in [4.78, 5) is 22.8. The molecule has 0 radical (unpaired) electrons. The Morgan fingerprint density at radius 2 is 2.23 bits per heavy atom. The Labute approximate surface area is 129 Å². The number of amidine groups is 1. The smallest absolute Gasteiger partial charge is 0.289 e. The maximum absolute atomic E-state index is 12.6. The normalized spacial score (nSPS) is 21.3. The molecule has 1 saturated carbocycles. The summed E-state index contributed by atoms with van der Waals surface area (Å²) < 4.78 is 0. The number of aliphatic imine (C=N–C) groups is 1. The van der Waals surface area contributed by atoms with Gasteiger partial charge >= 0.3 is 0 Å². The van der Waals surface area contributed by atoms with Crippen molar-refractivity contribution in [3.8, 4) is 6.07 Å². The lowest BCUT2D eigenvalue weighted by atomic mass is 10.2. The molecule has 0 aromatic carbocycles. The second-order valence-corrected chi connectivity index (χ2v) is 6.05. The zero-order valence-corrected chi connectivity index (χ0v) is 12.8. The molecule has 6 nitrogen and oxygen atoms in total. The molecule has 1 atom stereocenters. The highest BCUT2D eigenvalue weighted by Crippen LogP contribution is 2.30. The van der Waals surface area contributed by atoms with E-state index in [4.69, 9.17) is 0 Å². The summed E-state index contributed by atoms with van der Waals surface area (Å²) in [6.45, 7) is 4.93. The average molecular weight is 297 g/mol. The fourth-order valence-corrected chi connectivity index (χ4v) is 2.51. The number of hydrogen-bond acceptors (Lipinski definition) is 5. The monoisotopic (exact) mass is 297 g/mol. The van der Waals surface area contributed by atoms with Crippen LogP contribution in [0.5, 0.6) is 0 Å². The summed E-state index contributed by atoms with van der Waals surface area (Å²) in [5.41, 5.74) is 2.56. The van der Waals surface area contributed by atoms with Gasteiger partial charge in [-0.05, 0) is 44.2 Å². The number of pyridine rings is 1. The first kappa shape index (κ1) is 14.5. The molecule has 1 N–H and O–H groups in total. The third kappa shape index (κ3) is 3.08. The molecule has 0 bridgehead atoms. The van der Waals surface area contributed by atoms with Crippen molar-refractivity contribution in [3.63, 3.8) is 0 Å². The first-order valence-corrected chi connectivity index (χ1v) is 7.54. The van der Waals surface area contributed by atoms with Crippen LogP contribution in [0.3, 0.4) is 0 Å². The molecule has 114 valence electrons. The Balaban J connectivity index is 1.83. The van der Waals surface area contributed by atoms with Gasteiger partial charge in [0, 0.05) is 12.7 Å². The van der Waals surface area contributed by atoms with Gasteiger partial charge in [0.05, 0.1) is 24.0 Å². The largest absolute Gasteiger partial charge is 0.334 e. The minimum Gasteiger partial charge on any atom is -0.334 e. The van der Waals surface area contributed by atoms with Gasteiger partial charge in [0.25, 0.3) is 5.91 Å². The SMILES string of the molecule is Cc1cnc(C)c(NC2=NC(C#N)CN(CC3CC3)C2=O)c1. The number of rotatable bonds is 3. The minimum atomic E-state index is -0.503. The zero-order chi connectivity index (χ0) is 15.7. The van der Waals surface area contributed by atoms with Crippen molar-refractivity contribution in [1.82, 2.24) is 9.88 Å². The Kier molecular flexibility index (Phi) is 3.80. The quantitative estimate of drug-likeness (QED) is 0.920. The second kappa shape index (κ2) is 5.76. The van der Waals surface area contributed by atoms with Gasteiger partial charge < -0.3 is 10.2 Å². The predicted molar refractivity (Wildman–Crippen MR) is 83.5 cm³/mol. The van der Waals surface area contributed by atoms with Gasteiger partial charge in [0.15, 0.2) is 11.9 Å². The molecular weight excluding hydrogens is 278 g/mol. The second-order valence-electron chi connectivity index (χ2n) is 6.05. The standard InChI is InChI=1S/C16H19N5O/c1-10-5-14(11(2)18-7-10)20-15-16(22)21(8-12-3-4-12)9-13(6-17)19-15/h5,7,12-13H,3-4,8-9H2,1-2H3,(H,19,20). The van der Waals surface area contributed by atoms with Crippen LogP contribution in [-0.2, 0) is 4.79 Å². The first-order chi connectivity index (χ1) is 10.6. The average Bonchev–Trinajstić information content (AvgIpc) is 3.30. The van der Waals surface area contributed by atoms with Gasteiger partial charge in [-0.3, -0.25) is 9.78 Å². The highest BCUT2D eigenvalue weighted by atomic mass is 16.2. The van der Waals surface area contributed by atoms with Crippen LogP contribution in [-0.4, -0.2) is 40.8 Å². The predicted octanol–water partition coefficient (Wildman–Crippen LogP) is 1.65. The van der Waals surface area contributed by atoms with E-state index >= 15 is 0 Å². The van der Waals surface area contributed by atoms with E-state index in [1.54, 1.807) is 11.1 Å². The van der Waals surface area contributed by atoms with Gasteiger partial charge in [-0.25, -0.2) is 4.99 Å². The molecule has 1 aliphatic carbocycles. The highest BCUT2D eigenvalue weighted by molar-refractivity contribution is 6.42. The lowest BCUT2D eigenvalue weighted by molar-refractivity contribution is -0.125. The van der Waals surface area contributed by atoms with E-state index in [1.807, 2.05) is 19.9 Å². The van der Waals surface area contributed by atoms with Crippen LogP contribution in [0.15, 0.2) is 17.3 Å². The van der Waals surface area contributed by atoms with Crippen LogP contribution in [0.4, 0.5) is 5.69 Å². The van der Waals surface area contributed by atoms with E-state index in [9.17, 15) is 10.1 Å². The fraction of sp³-hybridized carbons (Fsp3) is 0.500. The molecule has 22 heavy (non-hydrogen) atoms. The molecule has 1 aromatic heterocycles. The number of nitrogens with one attached hydrogen (secondary N) is 1. The van der Waals surface area contributed by atoms with Crippen LogP contribution < -0.4 is 5.32 Å². The third-order valence-corrected chi connectivity index (χ3v) is 3.97. The van der Waals surface area contributed by atoms with Gasteiger partial charge in [0.1, 0.15) is 0 Å². The van der Waals surface area contributed by atoms with Crippen LogP contribution in [0, 0.1) is 31.1 Å². The molecule has 0 spiro atoms. The van der Waals surface area contributed by atoms with E-state index in [0.717, 1.165) is 23.5 Å². The Bertz CT molecular complexity index is 672. The van der Waals surface area contributed by atoms with Gasteiger partial charge in [-0.2, -0.15) is 5.26 Å². The maximum atomic E-state index is 12.6. The summed E-state index contributed by atoms with van der Waals surface area (Å²) in [6.07, 6.45) is 4.12. The van der Waals surface area contributed by atoms with Crippen molar-refractivity contribution < 1.29 is 4.79 Å². The zero-order valence-electron chi connectivity index (χ0n) is 12.8. The molecule has 1 amide bonds. The van der Waals surface area contributed by atoms with Gasteiger partial charge in [-0.15, -0.1) is 0 Å². The number of carbonyl (C=O) groups excluding carboxylic acids is 1. The molecule has 6 heteroatoms. The van der Waals surface area contributed by atoms with Crippen LogP contribution in [0.1, 0.15) is 24.1 Å². The molecule has 1 fully saturated rings. The Morgan fingerprint density at radius 3 is 2.91 bits per heavy atom. The molecule has 1 aromatic rings. The number of aromatic nitrogens is 1. The van der Waals surface area contributed by atoms with E-state index in [-0.39, 0.29) is 11.7 Å². The van der Waals surface area contributed by atoms with Crippen molar-refractivity contribution in [1.29, 1.82) is 5.26 Å². The lowest BCUT2D eigenvalue weighted by Crippen LogP contribution is -2.48. The summed E-state index contributed by atoms with van der Waals surface area (Å²) in [7, 11) is 0.